The molecule has 0 bridgehead atoms. The second-order valence-electron chi connectivity index (χ2n) is 7.25. The van der Waals surface area contributed by atoms with E-state index in [1.807, 2.05) is 23.1 Å². The fourth-order valence-electron chi connectivity index (χ4n) is 4.10. The van der Waals surface area contributed by atoms with Gasteiger partial charge in [-0.3, -0.25) is 4.79 Å². The van der Waals surface area contributed by atoms with Crippen molar-refractivity contribution >= 4 is 11.6 Å². The summed E-state index contributed by atoms with van der Waals surface area (Å²) in [6.45, 7) is 3.12. The van der Waals surface area contributed by atoms with Gasteiger partial charge in [0.25, 0.3) is 0 Å². The van der Waals surface area contributed by atoms with Crippen molar-refractivity contribution in [1.29, 1.82) is 0 Å². The molecule has 1 amide bonds. The predicted octanol–water partition coefficient (Wildman–Crippen LogP) is 3.79. The largest absolute Gasteiger partial charge is 0.506 e. The van der Waals surface area contributed by atoms with E-state index in [0.29, 0.717) is 18.1 Å². The molecule has 1 aliphatic heterocycles. The van der Waals surface area contributed by atoms with Gasteiger partial charge in [-0.1, -0.05) is 44.2 Å². The molecule has 24 heavy (non-hydrogen) atoms. The highest BCUT2D eigenvalue weighted by Crippen LogP contribution is 2.29. The fraction of sp³-hybridized carbons (Fsp3) is 0.650. The van der Waals surface area contributed by atoms with Crippen LogP contribution in [-0.2, 0) is 4.79 Å². The molecule has 3 rings (SSSR count). The van der Waals surface area contributed by atoms with Crippen molar-refractivity contribution in [1.82, 2.24) is 4.90 Å². The van der Waals surface area contributed by atoms with Crippen LogP contribution in [0.3, 0.4) is 0 Å². The topological polar surface area (TPSA) is 43.8 Å². The average molecular weight is 330 g/mol. The molecule has 1 aromatic carbocycles. The number of hydrogen-bond donors (Lipinski definition) is 1. The van der Waals surface area contributed by atoms with Gasteiger partial charge in [0.05, 0.1) is 5.69 Å². The van der Waals surface area contributed by atoms with E-state index in [-0.39, 0.29) is 0 Å². The maximum Gasteiger partial charge on any atom is 0.222 e. The summed E-state index contributed by atoms with van der Waals surface area (Å²) in [5, 5.41) is 9.96. The van der Waals surface area contributed by atoms with Gasteiger partial charge in [0.15, 0.2) is 0 Å². The lowest BCUT2D eigenvalue weighted by molar-refractivity contribution is -0.131. The van der Waals surface area contributed by atoms with Gasteiger partial charge >= 0.3 is 0 Å². The van der Waals surface area contributed by atoms with Crippen molar-refractivity contribution in [2.45, 2.75) is 51.4 Å². The Labute approximate surface area is 145 Å². The third-order valence-electron chi connectivity index (χ3n) is 5.58. The van der Waals surface area contributed by atoms with Crippen LogP contribution < -0.4 is 4.90 Å². The Morgan fingerprint density at radius 1 is 1.04 bits per heavy atom. The molecular formula is C20H30N2O2. The van der Waals surface area contributed by atoms with E-state index in [1.165, 1.54) is 38.5 Å². The summed E-state index contributed by atoms with van der Waals surface area (Å²) in [4.78, 5) is 16.6. The van der Waals surface area contributed by atoms with E-state index in [0.717, 1.165) is 44.2 Å². The first-order valence-corrected chi connectivity index (χ1v) is 9.55. The van der Waals surface area contributed by atoms with Gasteiger partial charge in [0.2, 0.25) is 5.91 Å². The van der Waals surface area contributed by atoms with Crippen LogP contribution in [0.4, 0.5) is 5.69 Å². The van der Waals surface area contributed by atoms with E-state index in [1.54, 1.807) is 6.07 Å². The standard InChI is InChI=1S/C20H30N2O2/c23-19-11-5-4-10-18(19)21-13-15-22(16-14-21)20(24)12-6-9-17-7-2-1-3-8-17/h4-5,10-11,17,23H,1-3,6-9,12-16H2. The number of phenols is 1. The molecule has 1 saturated carbocycles. The van der Waals surface area contributed by atoms with Gasteiger partial charge in [-0.2, -0.15) is 0 Å². The Hall–Kier alpha value is -1.71. The van der Waals surface area contributed by atoms with Crippen LogP contribution in [0.15, 0.2) is 24.3 Å². The van der Waals surface area contributed by atoms with E-state index in [9.17, 15) is 9.90 Å². The van der Waals surface area contributed by atoms with Crippen molar-refractivity contribution in [2.75, 3.05) is 31.1 Å². The van der Waals surface area contributed by atoms with Crippen LogP contribution >= 0.6 is 0 Å². The smallest absolute Gasteiger partial charge is 0.222 e. The molecule has 0 aromatic heterocycles. The number of carbonyl (C=O) groups is 1. The van der Waals surface area contributed by atoms with Crippen molar-refractivity contribution in [3.63, 3.8) is 0 Å². The monoisotopic (exact) mass is 330 g/mol. The van der Waals surface area contributed by atoms with Crippen molar-refractivity contribution in [2.24, 2.45) is 5.92 Å². The SMILES string of the molecule is O=C(CCCC1CCCCC1)N1CCN(c2ccccc2O)CC1. The summed E-state index contributed by atoms with van der Waals surface area (Å²) in [6, 6.07) is 7.44. The second kappa shape index (κ2) is 8.41. The quantitative estimate of drug-likeness (QED) is 0.893. The van der Waals surface area contributed by atoms with E-state index >= 15 is 0 Å². The Morgan fingerprint density at radius 3 is 2.46 bits per heavy atom. The van der Waals surface area contributed by atoms with Crippen LogP contribution in [0.1, 0.15) is 51.4 Å². The molecule has 0 radical (unpaired) electrons. The maximum absolute atomic E-state index is 12.4. The zero-order chi connectivity index (χ0) is 16.8. The maximum atomic E-state index is 12.4. The number of para-hydroxylation sites is 2. The lowest BCUT2D eigenvalue weighted by Crippen LogP contribution is -2.48. The lowest BCUT2D eigenvalue weighted by Gasteiger charge is -2.36. The Balaban J connectivity index is 1.39. The second-order valence-corrected chi connectivity index (χ2v) is 7.25. The Kier molecular flexibility index (Phi) is 6.00. The molecule has 4 nitrogen and oxygen atoms in total. The summed E-state index contributed by atoms with van der Waals surface area (Å²) in [5.74, 6) is 1.50. The van der Waals surface area contributed by atoms with Gasteiger partial charge in [0.1, 0.15) is 5.75 Å². The normalized spacial score (nSPS) is 19.5. The number of anilines is 1. The van der Waals surface area contributed by atoms with Crippen LogP contribution in [-0.4, -0.2) is 42.1 Å². The highest BCUT2D eigenvalue weighted by Gasteiger charge is 2.22. The number of amides is 1. The Bertz CT molecular complexity index is 532. The first-order chi connectivity index (χ1) is 11.7. The molecule has 1 N–H and O–H groups in total. The van der Waals surface area contributed by atoms with Gasteiger partial charge in [0, 0.05) is 32.6 Å². The zero-order valence-electron chi connectivity index (χ0n) is 14.6. The first-order valence-electron chi connectivity index (χ1n) is 9.55. The predicted molar refractivity (Wildman–Crippen MR) is 97.3 cm³/mol. The minimum Gasteiger partial charge on any atom is -0.506 e. The van der Waals surface area contributed by atoms with Crippen LogP contribution in [0.25, 0.3) is 0 Å². The summed E-state index contributed by atoms with van der Waals surface area (Å²) >= 11 is 0. The molecule has 1 saturated heterocycles. The van der Waals surface area contributed by atoms with Gasteiger partial charge in [-0.15, -0.1) is 0 Å². The third-order valence-corrected chi connectivity index (χ3v) is 5.58. The molecule has 4 heteroatoms. The summed E-state index contributed by atoms with van der Waals surface area (Å²) in [7, 11) is 0. The number of hydrogen-bond acceptors (Lipinski definition) is 3. The van der Waals surface area contributed by atoms with Crippen molar-refractivity contribution < 1.29 is 9.90 Å². The van der Waals surface area contributed by atoms with E-state index < -0.39 is 0 Å². The lowest BCUT2D eigenvalue weighted by atomic mass is 9.86. The molecule has 1 heterocycles. The molecule has 0 atom stereocenters. The van der Waals surface area contributed by atoms with Gasteiger partial charge < -0.3 is 14.9 Å². The minimum absolute atomic E-state index is 0.308. The number of nitrogens with zero attached hydrogens (tertiary/aromatic N) is 2. The fourth-order valence-corrected chi connectivity index (χ4v) is 4.10. The highest BCUT2D eigenvalue weighted by molar-refractivity contribution is 5.76. The van der Waals surface area contributed by atoms with Gasteiger partial charge in [-0.05, 0) is 30.9 Å². The molecule has 0 spiro atoms. The Morgan fingerprint density at radius 2 is 1.75 bits per heavy atom. The molecule has 1 aliphatic carbocycles. The number of aromatic hydroxyl groups is 1. The van der Waals surface area contributed by atoms with Crippen molar-refractivity contribution in [3.8, 4) is 5.75 Å². The highest BCUT2D eigenvalue weighted by atomic mass is 16.3. The number of benzene rings is 1. The molecule has 2 fully saturated rings. The molecule has 0 unspecified atom stereocenters. The zero-order valence-corrected chi connectivity index (χ0v) is 14.6. The molecule has 1 aromatic rings. The molecular weight excluding hydrogens is 300 g/mol. The van der Waals surface area contributed by atoms with Crippen LogP contribution in [0.2, 0.25) is 0 Å². The average Bonchev–Trinajstić information content (AvgIpc) is 2.63. The summed E-state index contributed by atoms with van der Waals surface area (Å²) < 4.78 is 0. The summed E-state index contributed by atoms with van der Waals surface area (Å²) in [5.41, 5.74) is 0.877. The number of phenolic OH excluding ortho intramolecular Hbond substituents is 1. The minimum atomic E-state index is 0.308. The van der Waals surface area contributed by atoms with Crippen LogP contribution in [0, 0.1) is 5.92 Å². The van der Waals surface area contributed by atoms with Crippen LogP contribution in [0.5, 0.6) is 5.75 Å². The van der Waals surface area contributed by atoms with E-state index in [4.69, 9.17) is 0 Å². The number of piperazine rings is 1. The van der Waals surface area contributed by atoms with Gasteiger partial charge in [-0.25, -0.2) is 0 Å². The van der Waals surface area contributed by atoms with Crippen molar-refractivity contribution in [3.05, 3.63) is 24.3 Å². The first kappa shape index (κ1) is 17.1. The molecule has 2 aliphatic rings. The third kappa shape index (κ3) is 4.43. The number of rotatable bonds is 5. The molecule has 132 valence electrons. The summed E-state index contributed by atoms with van der Waals surface area (Å²) in [6.07, 6.45) is 9.87. The van der Waals surface area contributed by atoms with E-state index in [2.05, 4.69) is 4.90 Å². The number of carbonyl (C=O) groups excluding carboxylic acids is 1.